The standard InChI is InChI=1S/CH3BF2O3/c1-5-2(6-3)7-4/h1H3. The number of halogens is 2. The van der Waals surface area contributed by atoms with Crippen LogP contribution in [0.3, 0.4) is 0 Å². The highest BCUT2D eigenvalue weighted by Gasteiger charge is 2.20. The largest absolute Gasteiger partial charge is 0.704 e. The fourth-order valence-electron chi connectivity index (χ4n) is 0.0865. The van der Waals surface area contributed by atoms with Gasteiger partial charge < -0.3 is 4.65 Å². The van der Waals surface area contributed by atoms with E-state index in [1.54, 1.807) is 0 Å². The van der Waals surface area contributed by atoms with Crippen LogP contribution in [0.15, 0.2) is 0 Å². The second-order valence-electron chi connectivity index (χ2n) is 0.703. The van der Waals surface area contributed by atoms with E-state index in [0.29, 0.717) is 0 Å². The Kier molecular flexibility index (Phi) is 3.87. The van der Waals surface area contributed by atoms with Crippen molar-refractivity contribution in [2.75, 3.05) is 7.11 Å². The summed E-state index contributed by atoms with van der Waals surface area (Å²) in [6.45, 7) is 0. The summed E-state index contributed by atoms with van der Waals surface area (Å²) in [5, 5.41) is 0. The van der Waals surface area contributed by atoms with Crippen molar-refractivity contribution in [2.24, 2.45) is 0 Å². The zero-order valence-electron chi connectivity index (χ0n) is 3.56. The second-order valence-corrected chi connectivity index (χ2v) is 0.703. The highest BCUT2D eigenvalue weighted by atomic mass is 19.3. The van der Waals surface area contributed by atoms with Crippen LogP contribution >= 0.6 is 0 Å². The smallest absolute Gasteiger partial charge is 0.385 e. The molecule has 0 atom stereocenters. The van der Waals surface area contributed by atoms with Crippen LogP contribution in [0.4, 0.5) is 9.05 Å². The van der Waals surface area contributed by atoms with Crippen molar-refractivity contribution < 1.29 is 23.4 Å². The maximum absolute atomic E-state index is 10.7. The molecule has 0 saturated carbocycles. The molecule has 7 heavy (non-hydrogen) atoms. The van der Waals surface area contributed by atoms with Crippen molar-refractivity contribution in [1.29, 1.82) is 0 Å². The van der Waals surface area contributed by atoms with Crippen LogP contribution in [0.2, 0.25) is 0 Å². The maximum Gasteiger partial charge on any atom is 0.704 e. The molecule has 0 heterocycles. The molecule has 6 heteroatoms. The van der Waals surface area contributed by atoms with E-state index >= 15 is 0 Å². The normalized spacial score (nSPS) is 9.00. The first-order valence-corrected chi connectivity index (χ1v) is 1.42. The van der Waals surface area contributed by atoms with Crippen molar-refractivity contribution in [1.82, 2.24) is 0 Å². The molecule has 0 aliphatic heterocycles. The van der Waals surface area contributed by atoms with E-state index in [1.807, 2.05) is 0 Å². The average molecular weight is 112 g/mol. The van der Waals surface area contributed by atoms with Gasteiger partial charge in [-0.05, 0) is 0 Å². The van der Waals surface area contributed by atoms with Gasteiger partial charge in [-0.25, -0.2) is 0 Å². The Morgan fingerprint density at radius 2 is 1.71 bits per heavy atom. The molecular formula is CH3BF2O3. The molecule has 0 spiro atoms. The van der Waals surface area contributed by atoms with Crippen molar-refractivity contribution in [3.8, 4) is 0 Å². The van der Waals surface area contributed by atoms with Gasteiger partial charge in [0.05, 0.1) is 0 Å². The van der Waals surface area contributed by atoms with E-state index in [2.05, 4.69) is 14.4 Å². The molecule has 0 bridgehead atoms. The SMILES string of the molecule is COB(OF)OF. The molecule has 0 aromatic heterocycles. The minimum Gasteiger partial charge on any atom is -0.385 e. The lowest BCUT2D eigenvalue weighted by molar-refractivity contribution is -0.138. The number of rotatable bonds is 3. The van der Waals surface area contributed by atoms with Gasteiger partial charge in [-0.1, -0.05) is 9.05 Å². The second kappa shape index (κ2) is 3.98. The van der Waals surface area contributed by atoms with Crippen LogP contribution in [0, 0.1) is 0 Å². The molecule has 0 aliphatic carbocycles. The minimum atomic E-state index is -1.85. The molecule has 3 nitrogen and oxygen atoms in total. The molecule has 0 unspecified atom stereocenters. The molecule has 0 aromatic carbocycles. The molecule has 0 aromatic rings. The fraction of sp³-hybridized carbons (Fsp3) is 1.00. The lowest BCUT2D eigenvalue weighted by Crippen LogP contribution is -2.17. The van der Waals surface area contributed by atoms with Gasteiger partial charge in [-0.3, -0.25) is 0 Å². The monoisotopic (exact) mass is 112 g/mol. The van der Waals surface area contributed by atoms with Crippen molar-refractivity contribution in [3.63, 3.8) is 0 Å². The summed E-state index contributed by atoms with van der Waals surface area (Å²) < 4.78 is 25.2. The van der Waals surface area contributed by atoms with Gasteiger partial charge in [0.2, 0.25) is 0 Å². The summed E-state index contributed by atoms with van der Waals surface area (Å²) in [4.78, 5) is 5.46. The van der Waals surface area contributed by atoms with Gasteiger partial charge in [-0.2, -0.15) is 9.72 Å². The first-order chi connectivity index (χ1) is 3.35. The van der Waals surface area contributed by atoms with E-state index < -0.39 is 7.32 Å². The summed E-state index contributed by atoms with van der Waals surface area (Å²) in [6.07, 6.45) is 0. The van der Waals surface area contributed by atoms with E-state index in [9.17, 15) is 9.05 Å². The summed E-state index contributed by atoms with van der Waals surface area (Å²) in [5.41, 5.74) is 0. The Labute approximate surface area is 39.1 Å². The summed E-state index contributed by atoms with van der Waals surface area (Å²) in [5.74, 6) is 0. The molecule has 0 aliphatic rings. The molecule has 0 saturated heterocycles. The molecule has 0 rings (SSSR count). The fourth-order valence-corrected chi connectivity index (χ4v) is 0.0865. The zero-order valence-corrected chi connectivity index (χ0v) is 3.56. The predicted molar refractivity (Wildman–Crippen MR) is 17.1 cm³/mol. The van der Waals surface area contributed by atoms with Crippen molar-refractivity contribution in [3.05, 3.63) is 0 Å². The third kappa shape index (κ3) is 2.49. The van der Waals surface area contributed by atoms with Gasteiger partial charge in [-0.15, -0.1) is 0 Å². The third-order valence-corrected chi connectivity index (χ3v) is 0.338. The van der Waals surface area contributed by atoms with E-state index in [0.717, 1.165) is 7.11 Å². The lowest BCUT2D eigenvalue weighted by Gasteiger charge is -1.93. The maximum atomic E-state index is 10.7. The molecule has 0 fully saturated rings. The first-order valence-electron chi connectivity index (χ1n) is 1.42. The Morgan fingerprint density at radius 1 is 1.29 bits per heavy atom. The molecular weight excluding hydrogens is 109 g/mol. The lowest BCUT2D eigenvalue weighted by atomic mass is 10.3. The molecule has 0 radical (unpaired) electrons. The van der Waals surface area contributed by atoms with Gasteiger partial charge in [0.1, 0.15) is 0 Å². The highest BCUT2D eigenvalue weighted by molar-refractivity contribution is 6.35. The highest BCUT2D eigenvalue weighted by Crippen LogP contribution is 1.88. The zero-order chi connectivity index (χ0) is 5.70. The number of hydrogen-bond donors (Lipinski definition) is 0. The molecule has 42 valence electrons. The third-order valence-electron chi connectivity index (χ3n) is 0.338. The summed E-state index contributed by atoms with van der Waals surface area (Å²) >= 11 is 0. The number of hydrogen-bond acceptors (Lipinski definition) is 3. The summed E-state index contributed by atoms with van der Waals surface area (Å²) in [6, 6.07) is 0. The van der Waals surface area contributed by atoms with Crippen molar-refractivity contribution >= 4 is 7.32 Å². The van der Waals surface area contributed by atoms with Crippen molar-refractivity contribution in [2.45, 2.75) is 0 Å². The Balaban J connectivity index is 2.99. The summed E-state index contributed by atoms with van der Waals surface area (Å²) in [7, 11) is -0.816. The van der Waals surface area contributed by atoms with Gasteiger partial charge in [0, 0.05) is 7.11 Å². The predicted octanol–water partition coefficient (Wildman–Crippen LogP) is 0.420. The topological polar surface area (TPSA) is 27.7 Å². The van der Waals surface area contributed by atoms with Crippen LogP contribution in [-0.4, -0.2) is 14.4 Å². The Bertz CT molecular complexity index is 34.4. The van der Waals surface area contributed by atoms with E-state index in [-0.39, 0.29) is 0 Å². The molecule has 0 N–H and O–H groups in total. The van der Waals surface area contributed by atoms with Gasteiger partial charge in [0.15, 0.2) is 0 Å². The van der Waals surface area contributed by atoms with Crippen LogP contribution in [0.25, 0.3) is 0 Å². The Hall–Kier alpha value is -0.195. The van der Waals surface area contributed by atoms with Crippen LogP contribution < -0.4 is 0 Å². The van der Waals surface area contributed by atoms with E-state index in [4.69, 9.17) is 0 Å². The Morgan fingerprint density at radius 3 is 1.71 bits per heavy atom. The van der Waals surface area contributed by atoms with Gasteiger partial charge >= 0.3 is 7.32 Å². The van der Waals surface area contributed by atoms with E-state index in [1.165, 1.54) is 0 Å². The first kappa shape index (κ1) is 6.80. The van der Waals surface area contributed by atoms with Crippen LogP contribution in [-0.2, 0) is 14.4 Å². The average Bonchev–Trinajstić information content (AvgIpc) is 1.72. The minimum absolute atomic E-state index is 1.03. The van der Waals surface area contributed by atoms with Crippen LogP contribution in [0.5, 0.6) is 0 Å². The molecule has 0 amide bonds. The quantitative estimate of drug-likeness (QED) is 0.495. The van der Waals surface area contributed by atoms with Gasteiger partial charge in [0.25, 0.3) is 0 Å². The van der Waals surface area contributed by atoms with Crippen LogP contribution in [0.1, 0.15) is 0 Å².